The molecule has 0 saturated carbocycles. The summed E-state index contributed by atoms with van der Waals surface area (Å²) < 4.78 is 47.8. The average Bonchev–Trinajstić information content (AvgIpc) is 2.35. The lowest BCUT2D eigenvalue weighted by molar-refractivity contribution is -0.222. The number of esters is 2. The molecule has 0 radical (unpaired) electrons. The molecule has 0 atom stereocenters. The van der Waals surface area contributed by atoms with Gasteiger partial charge in [0.05, 0.1) is 10.0 Å². The highest BCUT2D eigenvalue weighted by atomic mass is 79.9. The van der Waals surface area contributed by atoms with Gasteiger partial charge in [-0.3, -0.25) is 0 Å². The predicted octanol–water partition coefficient (Wildman–Crippen LogP) is 3.39. The van der Waals surface area contributed by atoms with Crippen molar-refractivity contribution in [3.8, 4) is 5.75 Å². The third kappa shape index (κ3) is 3.66. The molecule has 9 heteroatoms. The van der Waals surface area contributed by atoms with E-state index in [1.165, 1.54) is 13.8 Å². The zero-order valence-electron chi connectivity index (χ0n) is 11.8. The molecule has 124 valence electrons. The predicted molar refractivity (Wildman–Crippen MR) is 75.0 cm³/mol. The van der Waals surface area contributed by atoms with Crippen LogP contribution in [0.3, 0.4) is 0 Å². The molecule has 0 aliphatic carbocycles. The number of halogens is 4. The summed E-state index contributed by atoms with van der Waals surface area (Å²) in [6.45, 7) is 2.66. The van der Waals surface area contributed by atoms with E-state index in [1.807, 2.05) is 0 Å². The van der Waals surface area contributed by atoms with Crippen molar-refractivity contribution in [1.29, 1.82) is 0 Å². The van der Waals surface area contributed by atoms with Gasteiger partial charge in [-0.1, -0.05) is 0 Å². The van der Waals surface area contributed by atoms with E-state index in [1.54, 1.807) is 0 Å². The maximum Gasteiger partial charge on any atom is 0.416 e. The summed E-state index contributed by atoms with van der Waals surface area (Å²) in [7, 11) is 0. The zero-order chi connectivity index (χ0) is 17.6. The molecule has 1 aromatic carbocycles. The minimum absolute atomic E-state index is 0.239. The van der Waals surface area contributed by atoms with Crippen LogP contribution >= 0.6 is 15.9 Å². The first-order valence-electron chi connectivity index (χ1n) is 6.19. The lowest BCUT2D eigenvalue weighted by atomic mass is 10.1. The molecular formula is C14H10BrF3O5. The van der Waals surface area contributed by atoms with Crippen molar-refractivity contribution in [2.45, 2.75) is 25.8 Å². The van der Waals surface area contributed by atoms with Gasteiger partial charge in [0, 0.05) is 19.4 Å². The molecule has 1 aromatic rings. The molecule has 1 aliphatic heterocycles. The Kier molecular flexibility index (Phi) is 4.18. The highest BCUT2D eigenvalue weighted by molar-refractivity contribution is 9.10. The number of benzene rings is 1. The minimum Gasteiger partial charge on any atom is -0.506 e. The van der Waals surface area contributed by atoms with Crippen molar-refractivity contribution in [2.24, 2.45) is 0 Å². The number of ether oxygens (including phenoxy) is 2. The summed E-state index contributed by atoms with van der Waals surface area (Å²) in [4.78, 5) is 23.6. The first-order valence-corrected chi connectivity index (χ1v) is 6.98. The van der Waals surface area contributed by atoms with Gasteiger partial charge in [0.25, 0.3) is 5.79 Å². The van der Waals surface area contributed by atoms with Gasteiger partial charge in [0.2, 0.25) is 0 Å². The first-order chi connectivity index (χ1) is 10.4. The van der Waals surface area contributed by atoms with Gasteiger partial charge in [0.1, 0.15) is 11.3 Å². The molecule has 1 heterocycles. The van der Waals surface area contributed by atoms with Crippen LogP contribution in [0.1, 0.15) is 25.0 Å². The number of phenolic OH excluding ortho intramolecular Hbond substituents is 1. The molecule has 1 aliphatic rings. The molecule has 0 spiro atoms. The number of rotatable bonds is 1. The maximum absolute atomic E-state index is 12.8. The van der Waals surface area contributed by atoms with E-state index in [-0.39, 0.29) is 10.0 Å². The minimum atomic E-state index is -4.67. The molecule has 0 bridgehead atoms. The van der Waals surface area contributed by atoms with E-state index in [2.05, 4.69) is 15.9 Å². The Morgan fingerprint density at radius 3 is 2.17 bits per heavy atom. The number of phenols is 1. The fraction of sp³-hybridized carbons (Fsp3) is 0.286. The van der Waals surface area contributed by atoms with Gasteiger partial charge < -0.3 is 14.6 Å². The summed E-state index contributed by atoms with van der Waals surface area (Å²) in [6.07, 6.45) is -3.88. The number of aromatic hydroxyl groups is 1. The summed E-state index contributed by atoms with van der Waals surface area (Å²) in [5.41, 5.74) is -2.06. The van der Waals surface area contributed by atoms with Crippen LogP contribution in [0, 0.1) is 0 Å². The third-order valence-electron chi connectivity index (χ3n) is 2.84. The lowest BCUT2D eigenvalue weighted by Crippen LogP contribution is -2.41. The number of cyclic esters (lactones) is 2. The van der Waals surface area contributed by atoms with Crippen LogP contribution in [-0.4, -0.2) is 22.8 Å². The second-order valence-corrected chi connectivity index (χ2v) is 5.98. The van der Waals surface area contributed by atoms with E-state index >= 15 is 0 Å². The molecule has 2 rings (SSSR count). The molecule has 23 heavy (non-hydrogen) atoms. The van der Waals surface area contributed by atoms with Crippen LogP contribution in [-0.2, 0) is 25.2 Å². The molecule has 0 aromatic heterocycles. The van der Waals surface area contributed by atoms with Crippen LogP contribution in [0.5, 0.6) is 5.75 Å². The van der Waals surface area contributed by atoms with E-state index < -0.39 is 40.8 Å². The second kappa shape index (κ2) is 5.55. The Labute approximate surface area is 136 Å². The van der Waals surface area contributed by atoms with Gasteiger partial charge in [-0.15, -0.1) is 0 Å². The van der Waals surface area contributed by atoms with Crippen LogP contribution in [0.25, 0.3) is 6.08 Å². The summed E-state index contributed by atoms with van der Waals surface area (Å²) >= 11 is 2.79. The Bertz CT molecular complexity index is 700. The molecular weight excluding hydrogens is 385 g/mol. The largest absolute Gasteiger partial charge is 0.506 e. The average molecular weight is 395 g/mol. The molecule has 0 amide bonds. The fourth-order valence-electron chi connectivity index (χ4n) is 1.83. The number of alkyl halides is 3. The number of hydrogen-bond donors (Lipinski definition) is 1. The fourth-order valence-corrected chi connectivity index (χ4v) is 2.30. The van der Waals surface area contributed by atoms with Crippen molar-refractivity contribution in [3.63, 3.8) is 0 Å². The number of carbonyl (C=O) groups excluding carboxylic acids is 2. The molecule has 5 nitrogen and oxygen atoms in total. The Morgan fingerprint density at radius 2 is 1.70 bits per heavy atom. The Balaban J connectivity index is 2.53. The van der Waals surface area contributed by atoms with Gasteiger partial charge in [0.15, 0.2) is 0 Å². The summed E-state index contributed by atoms with van der Waals surface area (Å²) in [5, 5.41) is 9.83. The quantitative estimate of drug-likeness (QED) is 0.449. The smallest absolute Gasteiger partial charge is 0.416 e. The second-order valence-electron chi connectivity index (χ2n) is 5.13. The van der Waals surface area contributed by atoms with Gasteiger partial charge in [-0.05, 0) is 34.1 Å². The third-order valence-corrected chi connectivity index (χ3v) is 3.44. The van der Waals surface area contributed by atoms with Crippen molar-refractivity contribution >= 4 is 33.9 Å². The maximum atomic E-state index is 12.8. The van der Waals surface area contributed by atoms with Crippen LogP contribution in [0.2, 0.25) is 0 Å². The standard InChI is InChI=1S/C14H10BrF3O5/c1-13(2)22-11(20)8(12(21)23-13)4-6-3-7(14(16,17)18)5-9(15)10(6)19/h3-5,19H,1-2H3. The van der Waals surface area contributed by atoms with Crippen LogP contribution in [0.15, 0.2) is 22.2 Å². The van der Waals surface area contributed by atoms with E-state index in [0.29, 0.717) is 12.1 Å². The van der Waals surface area contributed by atoms with Gasteiger partial charge in [-0.25, -0.2) is 9.59 Å². The highest BCUT2D eigenvalue weighted by Gasteiger charge is 2.39. The summed E-state index contributed by atoms with van der Waals surface area (Å²) in [5.74, 6) is -4.14. The monoisotopic (exact) mass is 394 g/mol. The Morgan fingerprint density at radius 1 is 1.17 bits per heavy atom. The van der Waals surface area contributed by atoms with Crippen molar-refractivity contribution < 1.29 is 37.3 Å². The molecule has 1 fully saturated rings. The highest BCUT2D eigenvalue weighted by Crippen LogP contribution is 2.38. The normalized spacial score (nSPS) is 17.6. The van der Waals surface area contributed by atoms with E-state index in [4.69, 9.17) is 9.47 Å². The topological polar surface area (TPSA) is 72.8 Å². The van der Waals surface area contributed by atoms with Gasteiger partial charge >= 0.3 is 18.1 Å². The van der Waals surface area contributed by atoms with Gasteiger partial charge in [-0.2, -0.15) is 13.2 Å². The van der Waals surface area contributed by atoms with Crippen LogP contribution in [0.4, 0.5) is 13.2 Å². The summed E-state index contributed by atoms with van der Waals surface area (Å²) in [6, 6.07) is 1.28. The SMILES string of the molecule is CC1(C)OC(=O)C(=Cc2cc(C(F)(F)F)cc(Br)c2O)C(=O)O1. The van der Waals surface area contributed by atoms with Crippen molar-refractivity contribution in [1.82, 2.24) is 0 Å². The van der Waals surface area contributed by atoms with E-state index in [0.717, 1.165) is 6.08 Å². The number of carbonyl (C=O) groups is 2. The van der Waals surface area contributed by atoms with Crippen LogP contribution < -0.4 is 0 Å². The van der Waals surface area contributed by atoms with Crippen molar-refractivity contribution in [3.05, 3.63) is 33.3 Å². The van der Waals surface area contributed by atoms with Crippen molar-refractivity contribution in [2.75, 3.05) is 0 Å². The molecule has 1 saturated heterocycles. The molecule has 0 unspecified atom stereocenters. The molecule has 1 N–H and O–H groups in total. The lowest BCUT2D eigenvalue weighted by Gasteiger charge is -2.29. The first kappa shape index (κ1) is 17.3. The number of hydrogen-bond acceptors (Lipinski definition) is 5. The Hall–Kier alpha value is -2.03. The zero-order valence-corrected chi connectivity index (χ0v) is 13.4. The van der Waals surface area contributed by atoms with E-state index in [9.17, 15) is 27.9 Å².